The highest BCUT2D eigenvalue weighted by atomic mass is 35.5. The maximum Gasteiger partial charge on any atom is 0.266 e. The minimum atomic E-state index is -0.676. The molecule has 1 N–H and O–H groups in total. The van der Waals surface area contributed by atoms with Gasteiger partial charge in [-0.2, -0.15) is 5.10 Å². The Hall–Kier alpha value is -2.99. The number of carbonyl (C=O) groups is 1. The Bertz CT molecular complexity index is 954. The second-order valence-electron chi connectivity index (χ2n) is 6.38. The van der Waals surface area contributed by atoms with Crippen LogP contribution in [0.5, 0.6) is 11.5 Å². The highest BCUT2D eigenvalue weighted by Gasteiger charge is 2.17. The average molecular weight is 400 g/mol. The summed E-state index contributed by atoms with van der Waals surface area (Å²) >= 11 is 6.02. The number of hydrogen-bond acceptors (Lipinski definition) is 4. The highest BCUT2D eigenvalue weighted by Crippen LogP contribution is 2.22. The Morgan fingerprint density at radius 2 is 1.89 bits per heavy atom. The number of rotatable bonds is 7. The number of nitrogens with zero attached hydrogens (tertiary/aromatic N) is 2. The summed E-state index contributed by atoms with van der Waals surface area (Å²) in [6, 6.07) is 14.7. The molecule has 0 aliphatic rings. The van der Waals surface area contributed by atoms with Gasteiger partial charge in [-0.05, 0) is 55.3 Å². The van der Waals surface area contributed by atoms with E-state index in [0.717, 1.165) is 16.9 Å². The molecule has 0 spiro atoms. The molecule has 0 saturated heterocycles. The van der Waals surface area contributed by atoms with Crippen molar-refractivity contribution in [2.24, 2.45) is 0 Å². The number of aromatic nitrogens is 2. The van der Waals surface area contributed by atoms with E-state index < -0.39 is 6.10 Å². The van der Waals surface area contributed by atoms with E-state index in [-0.39, 0.29) is 5.91 Å². The van der Waals surface area contributed by atoms with Crippen LogP contribution in [0.15, 0.2) is 54.7 Å². The third-order valence-electron chi connectivity index (χ3n) is 4.27. The van der Waals surface area contributed by atoms with E-state index in [1.807, 2.05) is 31.2 Å². The van der Waals surface area contributed by atoms with Crippen LogP contribution in [0.4, 0.5) is 5.82 Å². The molecule has 1 aromatic heterocycles. The standard InChI is InChI=1S/C21H22ClN3O3/c1-14-12-18(8-9-19(14)22)28-15(2)21(26)24-20-10-11-23-25(20)13-16-4-6-17(27-3)7-5-16/h4-12,15H,13H2,1-3H3,(H,24,26). The SMILES string of the molecule is COc1ccc(Cn2nccc2NC(=O)C(C)Oc2ccc(Cl)c(C)c2)cc1. The van der Waals surface area contributed by atoms with Gasteiger partial charge in [0.2, 0.25) is 0 Å². The van der Waals surface area contributed by atoms with Crippen LogP contribution in [0.25, 0.3) is 0 Å². The van der Waals surface area contributed by atoms with E-state index in [0.29, 0.717) is 23.1 Å². The number of carbonyl (C=O) groups excluding carboxylic acids is 1. The Labute approximate surface area is 169 Å². The van der Waals surface area contributed by atoms with Crippen molar-refractivity contribution in [3.63, 3.8) is 0 Å². The third-order valence-corrected chi connectivity index (χ3v) is 4.69. The van der Waals surface area contributed by atoms with Crippen molar-refractivity contribution < 1.29 is 14.3 Å². The third kappa shape index (κ3) is 4.84. The monoisotopic (exact) mass is 399 g/mol. The summed E-state index contributed by atoms with van der Waals surface area (Å²) in [5, 5.41) is 7.81. The number of aryl methyl sites for hydroxylation is 1. The van der Waals surface area contributed by atoms with E-state index in [4.69, 9.17) is 21.1 Å². The molecule has 2 aromatic carbocycles. The van der Waals surface area contributed by atoms with Gasteiger partial charge in [0.25, 0.3) is 5.91 Å². The van der Waals surface area contributed by atoms with Crippen LogP contribution in [-0.2, 0) is 11.3 Å². The summed E-state index contributed by atoms with van der Waals surface area (Å²) in [4.78, 5) is 12.5. The van der Waals surface area contributed by atoms with Crippen molar-refractivity contribution >= 4 is 23.3 Å². The van der Waals surface area contributed by atoms with E-state index in [2.05, 4.69) is 10.4 Å². The first-order valence-corrected chi connectivity index (χ1v) is 9.22. The molecule has 0 saturated carbocycles. The van der Waals surface area contributed by atoms with Crippen LogP contribution in [-0.4, -0.2) is 28.9 Å². The van der Waals surface area contributed by atoms with Crippen LogP contribution in [0, 0.1) is 6.92 Å². The molecule has 28 heavy (non-hydrogen) atoms. The zero-order valence-corrected chi connectivity index (χ0v) is 16.7. The predicted molar refractivity (Wildman–Crippen MR) is 109 cm³/mol. The molecule has 0 aliphatic heterocycles. The molecule has 0 aliphatic carbocycles. The quantitative estimate of drug-likeness (QED) is 0.643. The smallest absolute Gasteiger partial charge is 0.266 e. The molecular formula is C21H22ClN3O3. The van der Waals surface area contributed by atoms with Crippen LogP contribution in [0.3, 0.4) is 0 Å². The van der Waals surface area contributed by atoms with Crippen molar-refractivity contribution in [2.75, 3.05) is 12.4 Å². The van der Waals surface area contributed by atoms with Gasteiger partial charge in [-0.3, -0.25) is 4.79 Å². The summed E-state index contributed by atoms with van der Waals surface area (Å²) in [5.74, 6) is 1.73. The molecular weight excluding hydrogens is 378 g/mol. The van der Waals surface area contributed by atoms with E-state index in [9.17, 15) is 4.79 Å². The molecule has 7 heteroatoms. The second-order valence-corrected chi connectivity index (χ2v) is 6.79. The second kappa shape index (κ2) is 8.80. The van der Waals surface area contributed by atoms with Crippen molar-refractivity contribution in [2.45, 2.75) is 26.5 Å². The Morgan fingerprint density at radius 3 is 2.57 bits per heavy atom. The van der Waals surface area contributed by atoms with Crippen LogP contribution < -0.4 is 14.8 Å². The van der Waals surface area contributed by atoms with E-state index in [1.165, 1.54) is 0 Å². The molecule has 1 heterocycles. The lowest BCUT2D eigenvalue weighted by molar-refractivity contribution is -0.122. The van der Waals surface area contributed by atoms with Gasteiger partial charge >= 0.3 is 0 Å². The minimum absolute atomic E-state index is 0.260. The van der Waals surface area contributed by atoms with E-state index >= 15 is 0 Å². The molecule has 6 nitrogen and oxygen atoms in total. The first-order valence-electron chi connectivity index (χ1n) is 8.84. The van der Waals surface area contributed by atoms with Crippen molar-refractivity contribution in [1.29, 1.82) is 0 Å². The van der Waals surface area contributed by atoms with Crippen molar-refractivity contribution in [1.82, 2.24) is 9.78 Å². The largest absolute Gasteiger partial charge is 0.497 e. The van der Waals surface area contributed by atoms with Gasteiger partial charge in [-0.15, -0.1) is 0 Å². The average Bonchev–Trinajstić information content (AvgIpc) is 3.12. The van der Waals surface area contributed by atoms with Crippen molar-refractivity contribution in [3.8, 4) is 11.5 Å². The zero-order valence-electron chi connectivity index (χ0n) is 16.0. The highest BCUT2D eigenvalue weighted by molar-refractivity contribution is 6.31. The van der Waals surface area contributed by atoms with Crippen LogP contribution >= 0.6 is 11.6 Å². The lowest BCUT2D eigenvalue weighted by Gasteiger charge is -2.16. The minimum Gasteiger partial charge on any atom is -0.497 e. The molecule has 0 radical (unpaired) electrons. The summed E-state index contributed by atoms with van der Waals surface area (Å²) < 4.78 is 12.6. The number of methoxy groups -OCH3 is 1. The predicted octanol–water partition coefficient (Wildman–Crippen LogP) is 4.31. The number of amides is 1. The Morgan fingerprint density at radius 1 is 1.18 bits per heavy atom. The molecule has 1 unspecified atom stereocenters. The van der Waals surface area contributed by atoms with Gasteiger partial charge in [-0.1, -0.05) is 23.7 Å². The number of halogens is 1. The lowest BCUT2D eigenvalue weighted by Crippen LogP contribution is -2.31. The summed E-state index contributed by atoms with van der Waals surface area (Å²) in [5.41, 5.74) is 1.94. The molecule has 146 valence electrons. The summed E-state index contributed by atoms with van der Waals surface area (Å²) in [6.07, 6.45) is 0.970. The number of anilines is 1. The fraction of sp³-hybridized carbons (Fsp3) is 0.238. The summed E-state index contributed by atoms with van der Waals surface area (Å²) in [7, 11) is 1.63. The lowest BCUT2D eigenvalue weighted by atomic mass is 10.2. The number of hydrogen-bond donors (Lipinski definition) is 1. The maximum absolute atomic E-state index is 12.5. The molecule has 0 bridgehead atoms. The molecule has 3 rings (SSSR count). The molecule has 1 atom stereocenters. The summed E-state index contributed by atoms with van der Waals surface area (Å²) in [6.45, 7) is 4.11. The number of ether oxygens (including phenoxy) is 2. The van der Waals surface area contributed by atoms with E-state index in [1.54, 1.807) is 49.2 Å². The normalized spacial score (nSPS) is 11.7. The van der Waals surface area contributed by atoms with Crippen LogP contribution in [0.2, 0.25) is 5.02 Å². The fourth-order valence-corrected chi connectivity index (χ4v) is 2.76. The zero-order chi connectivity index (χ0) is 20.1. The van der Waals surface area contributed by atoms with Gasteiger partial charge in [0.1, 0.15) is 17.3 Å². The topological polar surface area (TPSA) is 65.4 Å². The molecule has 1 amide bonds. The van der Waals surface area contributed by atoms with Gasteiger partial charge in [0, 0.05) is 11.1 Å². The maximum atomic E-state index is 12.5. The van der Waals surface area contributed by atoms with Crippen molar-refractivity contribution in [3.05, 3.63) is 70.9 Å². The van der Waals surface area contributed by atoms with Gasteiger partial charge in [0.15, 0.2) is 6.10 Å². The Kier molecular flexibility index (Phi) is 6.21. The van der Waals surface area contributed by atoms with Gasteiger partial charge in [-0.25, -0.2) is 4.68 Å². The Balaban J connectivity index is 1.63. The first-order chi connectivity index (χ1) is 13.5. The fourth-order valence-electron chi connectivity index (χ4n) is 2.64. The van der Waals surface area contributed by atoms with Gasteiger partial charge in [0.05, 0.1) is 19.9 Å². The van der Waals surface area contributed by atoms with Crippen LogP contribution in [0.1, 0.15) is 18.1 Å². The van der Waals surface area contributed by atoms with Gasteiger partial charge < -0.3 is 14.8 Å². The number of benzene rings is 2. The molecule has 0 fully saturated rings. The number of nitrogens with one attached hydrogen (secondary N) is 1. The molecule has 3 aromatic rings. The first kappa shape index (κ1) is 19.8.